The van der Waals surface area contributed by atoms with E-state index in [1.54, 1.807) is 36.4 Å². The van der Waals surface area contributed by atoms with Gasteiger partial charge >= 0.3 is 0 Å². The Kier molecular flexibility index (Phi) is 5.61. The molecule has 132 valence electrons. The Morgan fingerprint density at radius 1 is 1.19 bits per heavy atom. The topological polar surface area (TPSA) is 90.4 Å². The molecule has 0 saturated carbocycles. The van der Waals surface area contributed by atoms with Gasteiger partial charge in [0.15, 0.2) is 0 Å². The van der Waals surface area contributed by atoms with Crippen molar-refractivity contribution in [3.05, 3.63) is 68.2 Å². The van der Waals surface area contributed by atoms with E-state index in [1.807, 2.05) is 0 Å². The van der Waals surface area contributed by atoms with Crippen molar-refractivity contribution in [2.75, 3.05) is 0 Å². The molecule has 0 aliphatic heterocycles. The van der Waals surface area contributed by atoms with Crippen LogP contribution in [0.15, 0.2) is 52.0 Å². The van der Waals surface area contributed by atoms with E-state index in [4.69, 9.17) is 23.2 Å². The predicted molar refractivity (Wildman–Crippen MR) is 105 cm³/mol. The fraction of sp³-hybridized carbons (Fsp3) is 0. The quantitative estimate of drug-likeness (QED) is 0.397. The minimum absolute atomic E-state index is 0.0506. The lowest BCUT2D eigenvalue weighted by molar-refractivity contribution is 0.0950. The number of phenolic OH excluding ortho intramolecular Hbond substituents is 1. The normalized spacial score (nSPS) is 11.0. The zero-order valence-corrected chi connectivity index (χ0v) is 16.1. The van der Waals surface area contributed by atoms with Gasteiger partial charge in [0, 0.05) is 15.6 Å². The van der Waals surface area contributed by atoms with Crippen LogP contribution < -0.4 is 5.43 Å². The second-order valence-electron chi connectivity index (χ2n) is 5.20. The van der Waals surface area contributed by atoms with Gasteiger partial charge in [0.25, 0.3) is 5.91 Å². The summed E-state index contributed by atoms with van der Waals surface area (Å²) in [6.45, 7) is 0. The number of phenols is 1. The zero-order valence-electron chi connectivity index (χ0n) is 13.0. The number of hydrogen-bond acceptors (Lipinski definition) is 4. The van der Waals surface area contributed by atoms with Crippen molar-refractivity contribution in [2.45, 2.75) is 0 Å². The van der Waals surface area contributed by atoms with Gasteiger partial charge in [-0.2, -0.15) is 10.2 Å². The van der Waals surface area contributed by atoms with Crippen LogP contribution >= 0.6 is 39.1 Å². The van der Waals surface area contributed by atoms with Gasteiger partial charge in [0.1, 0.15) is 11.4 Å². The van der Waals surface area contributed by atoms with Gasteiger partial charge in [-0.3, -0.25) is 9.89 Å². The number of halogens is 3. The fourth-order valence-electron chi connectivity index (χ4n) is 2.09. The van der Waals surface area contributed by atoms with Crippen LogP contribution in [-0.4, -0.2) is 27.4 Å². The molecule has 0 fully saturated rings. The first kappa shape index (κ1) is 18.4. The van der Waals surface area contributed by atoms with Crippen LogP contribution in [0.4, 0.5) is 0 Å². The predicted octanol–water partition coefficient (Wildman–Crippen LogP) is 4.62. The first-order valence-corrected chi connectivity index (χ1v) is 8.81. The number of benzene rings is 2. The highest BCUT2D eigenvalue weighted by molar-refractivity contribution is 9.10. The average molecular weight is 454 g/mol. The van der Waals surface area contributed by atoms with Crippen LogP contribution in [0.25, 0.3) is 11.3 Å². The minimum atomic E-state index is -0.477. The SMILES string of the molecule is O=C(N/N=C/c1cc(Br)ccc1O)c1cc(-c2ccc(Cl)c(Cl)c2)n[nH]1. The van der Waals surface area contributed by atoms with Crippen LogP contribution in [0, 0.1) is 0 Å². The lowest BCUT2D eigenvalue weighted by Crippen LogP contribution is -2.18. The molecule has 9 heteroatoms. The molecule has 0 spiro atoms. The highest BCUT2D eigenvalue weighted by Crippen LogP contribution is 2.27. The first-order chi connectivity index (χ1) is 12.4. The van der Waals surface area contributed by atoms with Crippen molar-refractivity contribution in [2.24, 2.45) is 5.10 Å². The summed E-state index contributed by atoms with van der Waals surface area (Å²) in [6.07, 6.45) is 1.34. The Morgan fingerprint density at radius 3 is 2.77 bits per heavy atom. The number of carbonyl (C=O) groups is 1. The summed E-state index contributed by atoms with van der Waals surface area (Å²) in [6, 6.07) is 11.5. The molecule has 3 rings (SSSR count). The molecule has 0 atom stereocenters. The summed E-state index contributed by atoms with van der Waals surface area (Å²) in [5.41, 5.74) is 4.31. The second kappa shape index (κ2) is 7.90. The van der Waals surface area contributed by atoms with E-state index in [-0.39, 0.29) is 11.4 Å². The van der Waals surface area contributed by atoms with Crippen LogP contribution in [0.3, 0.4) is 0 Å². The average Bonchev–Trinajstić information content (AvgIpc) is 3.10. The summed E-state index contributed by atoms with van der Waals surface area (Å²) >= 11 is 15.2. The van der Waals surface area contributed by atoms with Gasteiger partial charge in [0.2, 0.25) is 0 Å². The summed E-state index contributed by atoms with van der Waals surface area (Å²) in [5, 5.41) is 21.1. The van der Waals surface area contributed by atoms with Gasteiger partial charge in [-0.15, -0.1) is 0 Å². The Bertz CT molecular complexity index is 1000. The number of hydrazone groups is 1. The van der Waals surface area contributed by atoms with Crippen molar-refractivity contribution in [1.82, 2.24) is 15.6 Å². The largest absolute Gasteiger partial charge is 0.507 e. The van der Waals surface area contributed by atoms with E-state index in [1.165, 1.54) is 12.3 Å². The molecule has 3 aromatic rings. The molecule has 0 bridgehead atoms. The Balaban J connectivity index is 1.71. The molecule has 6 nitrogen and oxygen atoms in total. The molecule has 1 amide bonds. The molecule has 26 heavy (non-hydrogen) atoms. The molecule has 3 N–H and O–H groups in total. The van der Waals surface area contributed by atoms with E-state index in [0.717, 1.165) is 10.0 Å². The third-order valence-electron chi connectivity index (χ3n) is 3.40. The van der Waals surface area contributed by atoms with Crippen molar-refractivity contribution >= 4 is 51.3 Å². The van der Waals surface area contributed by atoms with Crippen molar-refractivity contribution in [3.8, 4) is 17.0 Å². The molecule has 2 aromatic carbocycles. The van der Waals surface area contributed by atoms with Crippen LogP contribution in [-0.2, 0) is 0 Å². The van der Waals surface area contributed by atoms with Crippen LogP contribution in [0.5, 0.6) is 5.75 Å². The zero-order chi connectivity index (χ0) is 18.7. The molecule has 1 heterocycles. The molecular weight excluding hydrogens is 443 g/mol. The van der Waals surface area contributed by atoms with Gasteiger partial charge in [-0.05, 0) is 36.4 Å². The monoisotopic (exact) mass is 452 g/mol. The molecule has 0 aliphatic carbocycles. The lowest BCUT2D eigenvalue weighted by atomic mass is 10.1. The highest BCUT2D eigenvalue weighted by Gasteiger charge is 2.11. The van der Waals surface area contributed by atoms with Crippen molar-refractivity contribution < 1.29 is 9.90 Å². The number of nitrogens with zero attached hydrogens (tertiary/aromatic N) is 2. The van der Waals surface area contributed by atoms with Gasteiger partial charge < -0.3 is 5.11 Å². The van der Waals surface area contributed by atoms with E-state index < -0.39 is 5.91 Å². The third kappa shape index (κ3) is 4.24. The summed E-state index contributed by atoms with van der Waals surface area (Å²) < 4.78 is 0.780. The van der Waals surface area contributed by atoms with Crippen molar-refractivity contribution in [1.29, 1.82) is 0 Å². The number of aromatic nitrogens is 2. The summed E-state index contributed by atoms with van der Waals surface area (Å²) in [5.74, 6) is -0.427. The van der Waals surface area contributed by atoms with Crippen molar-refractivity contribution in [3.63, 3.8) is 0 Å². The number of H-pyrrole nitrogens is 1. The number of aromatic amines is 1. The Labute approximate surface area is 167 Å². The third-order valence-corrected chi connectivity index (χ3v) is 4.63. The lowest BCUT2D eigenvalue weighted by Gasteiger charge is -2.00. The summed E-state index contributed by atoms with van der Waals surface area (Å²) in [7, 11) is 0. The first-order valence-electron chi connectivity index (χ1n) is 7.27. The molecule has 0 radical (unpaired) electrons. The fourth-order valence-corrected chi connectivity index (χ4v) is 2.77. The maximum Gasteiger partial charge on any atom is 0.289 e. The standard InChI is InChI=1S/C17H11BrCl2N4O2/c18-11-2-4-16(25)10(5-11)8-21-24-17(26)15-7-14(22-23-15)9-1-3-12(19)13(20)6-9/h1-8,25H,(H,22,23)(H,24,26)/b21-8+. The number of aromatic hydroxyl groups is 1. The number of hydrogen-bond donors (Lipinski definition) is 3. The van der Waals surface area contributed by atoms with E-state index in [9.17, 15) is 9.90 Å². The maximum atomic E-state index is 12.1. The Hall–Kier alpha value is -2.35. The smallest absolute Gasteiger partial charge is 0.289 e. The minimum Gasteiger partial charge on any atom is -0.507 e. The number of nitrogens with one attached hydrogen (secondary N) is 2. The van der Waals surface area contributed by atoms with Gasteiger partial charge in [-0.1, -0.05) is 45.2 Å². The van der Waals surface area contributed by atoms with E-state index in [2.05, 4.69) is 36.7 Å². The van der Waals surface area contributed by atoms with E-state index in [0.29, 0.717) is 21.3 Å². The molecule has 0 unspecified atom stereocenters. The number of carbonyl (C=O) groups excluding carboxylic acids is 1. The van der Waals surface area contributed by atoms with E-state index >= 15 is 0 Å². The van der Waals surface area contributed by atoms with Gasteiger partial charge in [-0.25, -0.2) is 5.43 Å². The summed E-state index contributed by atoms with van der Waals surface area (Å²) in [4.78, 5) is 12.1. The Morgan fingerprint density at radius 2 is 2.00 bits per heavy atom. The maximum absolute atomic E-state index is 12.1. The van der Waals surface area contributed by atoms with Gasteiger partial charge in [0.05, 0.1) is 22.0 Å². The molecule has 1 aromatic heterocycles. The molecular formula is C17H11BrCl2N4O2. The molecule has 0 saturated heterocycles. The van der Waals surface area contributed by atoms with Crippen LogP contribution in [0.2, 0.25) is 10.0 Å². The number of amides is 1. The number of rotatable bonds is 4. The molecule has 0 aliphatic rings. The second-order valence-corrected chi connectivity index (χ2v) is 6.93. The highest BCUT2D eigenvalue weighted by atomic mass is 79.9. The van der Waals surface area contributed by atoms with Crippen LogP contribution in [0.1, 0.15) is 16.1 Å².